The van der Waals surface area contributed by atoms with Gasteiger partial charge in [-0.1, -0.05) is 42.9 Å². The van der Waals surface area contributed by atoms with Gasteiger partial charge in [0.15, 0.2) is 0 Å². The molecule has 5 heteroatoms. The average Bonchev–Trinajstić information content (AvgIpc) is 2.86. The summed E-state index contributed by atoms with van der Waals surface area (Å²) >= 11 is 7.71. The Labute approximate surface area is 129 Å². The lowest BCUT2D eigenvalue weighted by molar-refractivity contribution is 0.569. The molecule has 0 aliphatic carbocycles. The van der Waals surface area contributed by atoms with Gasteiger partial charge in [-0.05, 0) is 37.6 Å². The molecule has 2 rings (SSSR count). The third kappa shape index (κ3) is 4.27. The van der Waals surface area contributed by atoms with Crippen LogP contribution in [0.15, 0.2) is 18.2 Å². The predicted molar refractivity (Wildman–Crippen MR) is 86.6 cm³/mol. The van der Waals surface area contributed by atoms with Crippen molar-refractivity contribution in [2.24, 2.45) is 0 Å². The van der Waals surface area contributed by atoms with Gasteiger partial charge in [-0.3, -0.25) is 0 Å². The molecule has 0 atom stereocenters. The van der Waals surface area contributed by atoms with Crippen LogP contribution in [0, 0.1) is 6.92 Å². The Kier molecular flexibility index (Phi) is 5.52. The van der Waals surface area contributed by atoms with Crippen molar-refractivity contribution in [3.8, 4) is 10.6 Å². The van der Waals surface area contributed by atoms with Crippen molar-refractivity contribution in [2.75, 3.05) is 6.54 Å². The summed E-state index contributed by atoms with van der Waals surface area (Å²) in [6.07, 6.45) is 2.05. The molecule has 108 valence electrons. The van der Waals surface area contributed by atoms with Gasteiger partial charge in [-0.2, -0.15) is 0 Å². The molecule has 0 aliphatic heterocycles. The van der Waals surface area contributed by atoms with Crippen molar-refractivity contribution >= 4 is 22.9 Å². The monoisotopic (exact) mass is 309 g/mol. The smallest absolute Gasteiger partial charge is 0.148 e. The Morgan fingerprint density at radius 1 is 1.30 bits per heavy atom. The lowest BCUT2D eigenvalue weighted by Crippen LogP contribution is -2.23. The Morgan fingerprint density at radius 2 is 2.10 bits per heavy atom. The molecule has 0 aliphatic rings. The van der Waals surface area contributed by atoms with E-state index >= 15 is 0 Å². The first-order valence-electron chi connectivity index (χ1n) is 6.88. The summed E-state index contributed by atoms with van der Waals surface area (Å²) in [5.41, 5.74) is 2.26. The van der Waals surface area contributed by atoms with Crippen LogP contribution >= 0.6 is 22.9 Å². The molecule has 1 aromatic heterocycles. The van der Waals surface area contributed by atoms with E-state index in [9.17, 15) is 0 Å². The molecule has 0 fully saturated rings. The molecular formula is C15H20ClN3S. The maximum Gasteiger partial charge on any atom is 0.148 e. The summed E-state index contributed by atoms with van der Waals surface area (Å²) in [6, 6.07) is 6.42. The van der Waals surface area contributed by atoms with Crippen LogP contribution in [0.5, 0.6) is 0 Å². The SMILES string of the molecule is Cc1ccc(Cl)cc1-c1nnc(CCCNC(C)C)s1. The van der Waals surface area contributed by atoms with Gasteiger partial charge in [0.05, 0.1) is 0 Å². The summed E-state index contributed by atoms with van der Waals surface area (Å²) in [5.74, 6) is 0. The molecule has 0 radical (unpaired) electrons. The van der Waals surface area contributed by atoms with Crippen molar-refractivity contribution < 1.29 is 0 Å². The van der Waals surface area contributed by atoms with Crippen LogP contribution in [-0.2, 0) is 6.42 Å². The van der Waals surface area contributed by atoms with Gasteiger partial charge < -0.3 is 5.32 Å². The molecule has 0 amide bonds. The van der Waals surface area contributed by atoms with Gasteiger partial charge in [0.1, 0.15) is 10.0 Å². The summed E-state index contributed by atoms with van der Waals surface area (Å²) in [6.45, 7) is 7.40. The van der Waals surface area contributed by atoms with E-state index in [1.165, 1.54) is 5.56 Å². The molecule has 20 heavy (non-hydrogen) atoms. The van der Waals surface area contributed by atoms with Crippen LogP contribution in [0.3, 0.4) is 0 Å². The van der Waals surface area contributed by atoms with Crippen molar-refractivity contribution in [1.82, 2.24) is 15.5 Å². The van der Waals surface area contributed by atoms with Crippen molar-refractivity contribution in [2.45, 2.75) is 39.7 Å². The van der Waals surface area contributed by atoms with Crippen LogP contribution in [0.25, 0.3) is 10.6 Å². The molecular weight excluding hydrogens is 290 g/mol. The average molecular weight is 310 g/mol. The van der Waals surface area contributed by atoms with E-state index in [1.807, 2.05) is 18.2 Å². The van der Waals surface area contributed by atoms with Gasteiger partial charge in [0, 0.05) is 23.0 Å². The number of halogens is 1. The molecule has 0 saturated carbocycles. The van der Waals surface area contributed by atoms with Gasteiger partial charge in [-0.15, -0.1) is 10.2 Å². The minimum atomic E-state index is 0.536. The molecule has 0 spiro atoms. The number of nitrogens with zero attached hydrogens (tertiary/aromatic N) is 2. The van der Waals surface area contributed by atoms with Crippen molar-refractivity contribution in [3.63, 3.8) is 0 Å². The number of hydrogen-bond donors (Lipinski definition) is 1. The third-order valence-electron chi connectivity index (χ3n) is 3.02. The highest BCUT2D eigenvalue weighted by molar-refractivity contribution is 7.14. The van der Waals surface area contributed by atoms with E-state index in [-0.39, 0.29) is 0 Å². The second-order valence-corrected chi connectivity index (χ2v) is 6.67. The largest absolute Gasteiger partial charge is 0.315 e. The highest BCUT2D eigenvalue weighted by Gasteiger charge is 2.09. The maximum absolute atomic E-state index is 6.05. The Balaban J connectivity index is 2.00. The number of aryl methyl sites for hydroxylation is 2. The van der Waals surface area contributed by atoms with Crippen LogP contribution in [-0.4, -0.2) is 22.8 Å². The van der Waals surface area contributed by atoms with Crippen LogP contribution in [0.2, 0.25) is 5.02 Å². The zero-order valence-corrected chi connectivity index (χ0v) is 13.7. The number of nitrogens with one attached hydrogen (secondary N) is 1. The second-order valence-electron chi connectivity index (χ2n) is 5.17. The Hall–Kier alpha value is -0.970. The molecule has 0 bridgehead atoms. The molecule has 0 saturated heterocycles. The number of benzene rings is 1. The lowest BCUT2D eigenvalue weighted by atomic mass is 10.1. The van der Waals surface area contributed by atoms with E-state index in [1.54, 1.807) is 11.3 Å². The van der Waals surface area contributed by atoms with Crippen LogP contribution < -0.4 is 5.32 Å². The standard InChI is InChI=1S/C15H20ClN3S/c1-10(2)17-8-4-5-14-18-19-15(20-14)13-9-12(16)7-6-11(13)3/h6-7,9-10,17H,4-5,8H2,1-3H3. The van der Waals surface area contributed by atoms with E-state index < -0.39 is 0 Å². The second kappa shape index (κ2) is 7.16. The minimum Gasteiger partial charge on any atom is -0.315 e. The fraction of sp³-hybridized carbons (Fsp3) is 0.467. The molecule has 1 N–H and O–H groups in total. The fourth-order valence-electron chi connectivity index (χ4n) is 1.92. The zero-order chi connectivity index (χ0) is 14.5. The first-order valence-corrected chi connectivity index (χ1v) is 8.08. The Bertz CT molecular complexity index is 566. The highest BCUT2D eigenvalue weighted by atomic mass is 35.5. The van der Waals surface area contributed by atoms with E-state index in [0.717, 1.165) is 40.0 Å². The lowest BCUT2D eigenvalue weighted by Gasteiger charge is -2.05. The van der Waals surface area contributed by atoms with Gasteiger partial charge in [0.2, 0.25) is 0 Å². The van der Waals surface area contributed by atoms with Gasteiger partial charge >= 0.3 is 0 Å². The topological polar surface area (TPSA) is 37.8 Å². The first-order chi connectivity index (χ1) is 9.56. The van der Waals surface area contributed by atoms with Gasteiger partial charge in [0.25, 0.3) is 0 Å². The van der Waals surface area contributed by atoms with Crippen molar-refractivity contribution in [3.05, 3.63) is 33.8 Å². The first kappa shape index (κ1) is 15.4. The molecule has 1 aromatic carbocycles. The number of aromatic nitrogens is 2. The summed E-state index contributed by atoms with van der Waals surface area (Å²) < 4.78 is 0. The molecule has 2 aromatic rings. The van der Waals surface area contributed by atoms with E-state index in [4.69, 9.17) is 11.6 Å². The highest BCUT2D eigenvalue weighted by Crippen LogP contribution is 2.29. The number of hydrogen-bond acceptors (Lipinski definition) is 4. The minimum absolute atomic E-state index is 0.536. The zero-order valence-electron chi connectivity index (χ0n) is 12.1. The maximum atomic E-state index is 6.05. The number of rotatable bonds is 6. The molecule has 1 heterocycles. The predicted octanol–water partition coefficient (Wildman–Crippen LogP) is 4.10. The molecule has 3 nitrogen and oxygen atoms in total. The summed E-state index contributed by atoms with van der Waals surface area (Å²) in [4.78, 5) is 0. The quantitative estimate of drug-likeness (QED) is 0.816. The Morgan fingerprint density at radius 3 is 2.85 bits per heavy atom. The summed E-state index contributed by atoms with van der Waals surface area (Å²) in [5, 5.41) is 14.8. The van der Waals surface area contributed by atoms with Crippen molar-refractivity contribution in [1.29, 1.82) is 0 Å². The van der Waals surface area contributed by atoms with E-state index in [2.05, 4.69) is 36.3 Å². The molecule has 0 unspecified atom stereocenters. The van der Waals surface area contributed by atoms with Crippen LogP contribution in [0.4, 0.5) is 0 Å². The van der Waals surface area contributed by atoms with E-state index in [0.29, 0.717) is 6.04 Å². The van der Waals surface area contributed by atoms with Crippen LogP contribution in [0.1, 0.15) is 30.8 Å². The normalized spacial score (nSPS) is 11.2. The van der Waals surface area contributed by atoms with Gasteiger partial charge in [-0.25, -0.2) is 0 Å². The summed E-state index contributed by atoms with van der Waals surface area (Å²) in [7, 11) is 0. The fourth-order valence-corrected chi connectivity index (χ4v) is 3.05. The third-order valence-corrected chi connectivity index (χ3v) is 4.27.